The maximum absolute atomic E-state index is 5.71. The Labute approximate surface area is 123 Å². The van der Waals surface area contributed by atoms with E-state index in [4.69, 9.17) is 9.47 Å². The topological polar surface area (TPSA) is 30.5 Å². The van der Waals surface area contributed by atoms with Crippen molar-refractivity contribution in [1.82, 2.24) is 5.32 Å². The highest BCUT2D eigenvalue weighted by atomic mass is 16.5. The van der Waals surface area contributed by atoms with E-state index in [1.165, 1.54) is 11.1 Å². The standard InChI is InChI=1S/C17H29NO2/c1-14(12-18-4)16-8-6-15(7-9-16)13-20-11-10-17(2,3)19-5/h6-9,14,18H,10-13H2,1-5H3. The van der Waals surface area contributed by atoms with Crippen LogP contribution < -0.4 is 5.32 Å². The summed E-state index contributed by atoms with van der Waals surface area (Å²) in [4.78, 5) is 0. The predicted molar refractivity (Wildman–Crippen MR) is 84.1 cm³/mol. The molecular weight excluding hydrogens is 250 g/mol. The summed E-state index contributed by atoms with van der Waals surface area (Å²) in [6.07, 6.45) is 0.904. The molecule has 0 saturated heterocycles. The number of ether oxygens (including phenoxy) is 2. The molecule has 0 aliphatic rings. The van der Waals surface area contributed by atoms with Gasteiger partial charge in [0.2, 0.25) is 0 Å². The van der Waals surface area contributed by atoms with Crippen LogP contribution in [-0.2, 0) is 16.1 Å². The molecule has 0 fully saturated rings. The van der Waals surface area contributed by atoms with Crippen LogP contribution in [0.1, 0.15) is 44.2 Å². The molecule has 1 rings (SSSR count). The highest BCUT2D eigenvalue weighted by Crippen LogP contribution is 2.16. The maximum Gasteiger partial charge on any atom is 0.0716 e. The van der Waals surface area contributed by atoms with Gasteiger partial charge >= 0.3 is 0 Å². The number of hydrogen-bond acceptors (Lipinski definition) is 3. The predicted octanol–water partition coefficient (Wildman–Crippen LogP) is 3.34. The van der Waals surface area contributed by atoms with E-state index in [0.717, 1.165) is 19.6 Å². The van der Waals surface area contributed by atoms with E-state index in [0.29, 0.717) is 12.5 Å². The lowest BCUT2D eigenvalue weighted by atomic mass is 10.00. The van der Waals surface area contributed by atoms with Gasteiger partial charge in [-0.2, -0.15) is 0 Å². The molecule has 0 saturated carbocycles. The average Bonchev–Trinajstić information content (AvgIpc) is 2.44. The van der Waals surface area contributed by atoms with Crippen LogP contribution in [-0.4, -0.2) is 32.9 Å². The molecule has 0 aromatic heterocycles. The normalized spacial score (nSPS) is 13.4. The van der Waals surface area contributed by atoms with Crippen LogP contribution in [0.3, 0.4) is 0 Å². The summed E-state index contributed by atoms with van der Waals surface area (Å²) in [5.41, 5.74) is 2.48. The van der Waals surface area contributed by atoms with Crippen LogP contribution in [0.25, 0.3) is 0 Å². The van der Waals surface area contributed by atoms with Crippen LogP contribution in [0.4, 0.5) is 0 Å². The fourth-order valence-electron chi connectivity index (χ4n) is 1.98. The summed E-state index contributed by atoms with van der Waals surface area (Å²) in [6, 6.07) is 8.70. The van der Waals surface area contributed by atoms with Gasteiger partial charge in [-0.3, -0.25) is 0 Å². The second kappa shape index (κ2) is 8.40. The summed E-state index contributed by atoms with van der Waals surface area (Å²) in [5.74, 6) is 0.539. The van der Waals surface area contributed by atoms with Gasteiger partial charge in [0.15, 0.2) is 0 Å². The Morgan fingerprint density at radius 2 is 1.85 bits per heavy atom. The summed E-state index contributed by atoms with van der Waals surface area (Å²) >= 11 is 0. The lowest BCUT2D eigenvalue weighted by Gasteiger charge is -2.22. The molecule has 1 N–H and O–H groups in total. The zero-order valence-electron chi connectivity index (χ0n) is 13.5. The fraction of sp³-hybridized carbons (Fsp3) is 0.647. The van der Waals surface area contributed by atoms with Crippen molar-refractivity contribution < 1.29 is 9.47 Å². The van der Waals surface area contributed by atoms with Gasteiger partial charge < -0.3 is 14.8 Å². The highest BCUT2D eigenvalue weighted by molar-refractivity contribution is 5.24. The molecule has 0 aliphatic carbocycles. The molecular formula is C17H29NO2. The fourth-order valence-corrected chi connectivity index (χ4v) is 1.98. The van der Waals surface area contributed by atoms with E-state index in [1.54, 1.807) is 7.11 Å². The van der Waals surface area contributed by atoms with Crippen LogP contribution in [0.5, 0.6) is 0 Å². The smallest absolute Gasteiger partial charge is 0.0716 e. The number of likely N-dealkylation sites (N-methyl/N-ethyl adjacent to an activating group) is 1. The number of benzene rings is 1. The van der Waals surface area contributed by atoms with E-state index in [1.807, 2.05) is 7.05 Å². The van der Waals surface area contributed by atoms with Crippen LogP contribution in [0.15, 0.2) is 24.3 Å². The monoisotopic (exact) mass is 279 g/mol. The van der Waals surface area contributed by atoms with Crippen molar-refractivity contribution in [1.29, 1.82) is 0 Å². The Hall–Kier alpha value is -0.900. The van der Waals surface area contributed by atoms with E-state index in [-0.39, 0.29) is 5.60 Å². The molecule has 0 bridgehead atoms. The van der Waals surface area contributed by atoms with E-state index < -0.39 is 0 Å². The molecule has 20 heavy (non-hydrogen) atoms. The van der Waals surface area contributed by atoms with Crippen molar-refractivity contribution in [3.05, 3.63) is 35.4 Å². The molecule has 0 aliphatic heterocycles. The summed E-state index contributed by atoms with van der Waals surface area (Å²) in [7, 11) is 3.73. The first kappa shape index (κ1) is 17.2. The Morgan fingerprint density at radius 3 is 2.40 bits per heavy atom. The second-order valence-corrected chi connectivity index (χ2v) is 5.97. The van der Waals surface area contributed by atoms with Gasteiger partial charge in [0.25, 0.3) is 0 Å². The average molecular weight is 279 g/mol. The van der Waals surface area contributed by atoms with Gasteiger partial charge in [-0.05, 0) is 44.4 Å². The number of rotatable bonds is 9. The molecule has 1 aromatic rings. The van der Waals surface area contributed by atoms with Crippen molar-refractivity contribution in [3.8, 4) is 0 Å². The Bertz CT molecular complexity index is 373. The van der Waals surface area contributed by atoms with Crippen molar-refractivity contribution in [2.24, 2.45) is 0 Å². The second-order valence-electron chi connectivity index (χ2n) is 5.97. The first-order chi connectivity index (χ1) is 9.48. The SMILES string of the molecule is CNCC(C)c1ccc(COCCC(C)(C)OC)cc1. The van der Waals surface area contributed by atoms with E-state index in [2.05, 4.69) is 50.4 Å². The molecule has 3 heteroatoms. The van der Waals surface area contributed by atoms with Gasteiger partial charge in [-0.25, -0.2) is 0 Å². The quantitative estimate of drug-likeness (QED) is 0.703. The van der Waals surface area contributed by atoms with E-state index >= 15 is 0 Å². The lowest BCUT2D eigenvalue weighted by Crippen LogP contribution is -2.24. The van der Waals surface area contributed by atoms with Gasteiger partial charge in [0.1, 0.15) is 0 Å². The third-order valence-corrected chi connectivity index (χ3v) is 3.73. The summed E-state index contributed by atoms with van der Waals surface area (Å²) < 4.78 is 11.1. The third-order valence-electron chi connectivity index (χ3n) is 3.73. The summed E-state index contributed by atoms with van der Waals surface area (Å²) in [6.45, 7) is 8.78. The summed E-state index contributed by atoms with van der Waals surface area (Å²) in [5, 5.41) is 3.21. The van der Waals surface area contributed by atoms with Gasteiger partial charge in [-0.15, -0.1) is 0 Å². The molecule has 0 amide bonds. The first-order valence-electron chi connectivity index (χ1n) is 7.35. The molecule has 0 spiro atoms. The molecule has 1 aromatic carbocycles. The van der Waals surface area contributed by atoms with Gasteiger partial charge in [-0.1, -0.05) is 31.2 Å². The molecule has 3 nitrogen and oxygen atoms in total. The Balaban J connectivity index is 2.35. The Morgan fingerprint density at radius 1 is 1.20 bits per heavy atom. The van der Waals surface area contributed by atoms with Crippen molar-refractivity contribution in [2.75, 3.05) is 27.3 Å². The van der Waals surface area contributed by atoms with Crippen molar-refractivity contribution in [3.63, 3.8) is 0 Å². The molecule has 0 radical (unpaired) electrons. The largest absolute Gasteiger partial charge is 0.379 e. The zero-order chi connectivity index (χ0) is 15.0. The molecule has 1 unspecified atom stereocenters. The molecule has 114 valence electrons. The maximum atomic E-state index is 5.71. The molecule has 0 heterocycles. The highest BCUT2D eigenvalue weighted by Gasteiger charge is 2.15. The number of nitrogens with one attached hydrogen (secondary N) is 1. The van der Waals surface area contributed by atoms with Crippen LogP contribution in [0.2, 0.25) is 0 Å². The lowest BCUT2D eigenvalue weighted by molar-refractivity contribution is -0.0124. The third kappa shape index (κ3) is 6.04. The number of methoxy groups -OCH3 is 1. The minimum absolute atomic E-state index is 0.105. The van der Waals surface area contributed by atoms with E-state index in [9.17, 15) is 0 Å². The van der Waals surface area contributed by atoms with Crippen molar-refractivity contribution in [2.45, 2.75) is 45.3 Å². The van der Waals surface area contributed by atoms with Crippen molar-refractivity contribution >= 4 is 0 Å². The number of hydrogen-bond donors (Lipinski definition) is 1. The van der Waals surface area contributed by atoms with Gasteiger partial charge in [0, 0.05) is 20.3 Å². The Kier molecular flexibility index (Phi) is 7.20. The first-order valence-corrected chi connectivity index (χ1v) is 7.35. The zero-order valence-corrected chi connectivity index (χ0v) is 13.5. The van der Waals surface area contributed by atoms with Gasteiger partial charge in [0.05, 0.1) is 12.2 Å². The van der Waals surface area contributed by atoms with Crippen LogP contribution >= 0.6 is 0 Å². The minimum atomic E-state index is -0.105. The molecule has 1 atom stereocenters. The minimum Gasteiger partial charge on any atom is -0.379 e. The van der Waals surface area contributed by atoms with Crippen LogP contribution in [0, 0.1) is 0 Å².